The number of carbonyl (C=O) groups excluding carboxylic acids is 2. The number of halogens is 3. The zero-order chi connectivity index (χ0) is 28.2. The molecule has 6 nitrogen and oxygen atoms in total. The molecule has 0 atom stereocenters. The molecular weight excluding hydrogens is 517 g/mol. The van der Waals surface area contributed by atoms with E-state index in [0.29, 0.717) is 23.9 Å². The topological polar surface area (TPSA) is 65.5 Å². The minimum absolute atomic E-state index is 0.166. The number of carbonyl (C=O) groups is 2. The van der Waals surface area contributed by atoms with Crippen LogP contribution < -0.4 is 5.32 Å². The maximum atomic E-state index is 14.4. The van der Waals surface area contributed by atoms with Crippen LogP contribution in [0.1, 0.15) is 54.1 Å². The lowest BCUT2D eigenvalue weighted by Gasteiger charge is -2.34. The monoisotopic (exact) mass is 550 g/mol. The summed E-state index contributed by atoms with van der Waals surface area (Å²) in [4.78, 5) is 33.8. The van der Waals surface area contributed by atoms with Gasteiger partial charge >= 0.3 is 0 Å². The van der Waals surface area contributed by atoms with Gasteiger partial charge in [-0.1, -0.05) is 18.2 Å². The first-order chi connectivity index (χ1) is 19.3. The van der Waals surface area contributed by atoms with E-state index in [2.05, 4.69) is 22.2 Å². The van der Waals surface area contributed by atoms with E-state index in [1.807, 2.05) is 17.0 Å². The predicted molar refractivity (Wildman–Crippen MR) is 147 cm³/mol. The Morgan fingerprint density at radius 2 is 1.50 bits per heavy atom. The second kappa shape index (κ2) is 12.2. The van der Waals surface area contributed by atoms with E-state index in [4.69, 9.17) is 0 Å². The lowest BCUT2D eigenvalue weighted by atomic mass is 9.88. The van der Waals surface area contributed by atoms with E-state index in [-0.39, 0.29) is 11.6 Å². The molecule has 2 aliphatic rings. The van der Waals surface area contributed by atoms with Gasteiger partial charge in [-0.2, -0.15) is 0 Å². The van der Waals surface area contributed by atoms with Gasteiger partial charge in [-0.05, 0) is 99.6 Å². The Morgan fingerprint density at radius 1 is 0.850 bits per heavy atom. The fourth-order valence-electron chi connectivity index (χ4n) is 5.61. The van der Waals surface area contributed by atoms with Crippen LogP contribution in [0.25, 0.3) is 11.3 Å². The Morgan fingerprint density at radius 3 is 2.15 bits per heavy atom. The standard InChI is InChI=1S/C31H33F3N4O2/c1-37-15-11-20(12-16-37)19-28(39)38-17-13-22(14-18-38)21-5-7-23(8-6-21)35-31(40)27-10-9-26(34)30(36-27)29-24(32)3-2-4-25(29)33/h2-10,20,22H,11-19H2,1H3,(H,35,40). The molecule has 9 heteroatoms. The number of benzene rings is 2. The van der Waals surface area contributed by atoms with Crippen molar-refractivity contribution in [3.63, 3.8) is 0 Å². The molecule has 210 valence electrons. The van der Waals surface area contributed by atoms with Crippen LogP contribution >= 0.6 is 0 Å². The molecule has 1 N–H and O–H groups in total. The zero-order valence-electron chi connectivity index (χ0n) is 22.5. The molecule has 0 aliphatic carbocycles. The second-order valence-electron chi connectivity index (χ2n) is 10.8. The van der Waals surface area contributed by atoms with Gasteiger partial charge in [-0.3, -0.25) is 9.59 Å². The number of amides is 2. The third-order valence-corrected chi connectivity index (χ3v) is 8.07. The molecule has 2 aliphatic heterocycles. The van der Waals surface area contributed by atoms with E-state index in [1.165, 1.54) is 12.1 Å². The van der Waals surface area contributed by atoms with Crippen molar-refractivity contribution in [2.24, 2.45) is 5.92 Å². The summed E-state index contributed by atoms with van der Waals surface area (Å²) in [6.07, 6.45) is 4.60. The van der Waals surface area contributed by atoms with Crippen molar-refractivity contribution in [2.45, 2.75) is 38.0 Å². The lowest BCUT2D eigenvalue weighted by Crippen LogP contribution is -2.40. The summed E-state index contributed by atoms with van der Waals surface area (Å²) in [7, 11) is 2.13. The van der Waals surface area contributed by atoms with Gasteiger partial charge in [0.25, 0.3) is 5.91 Å². The molecule has 0 bridgehead atoms. The third kappa shape index (κ3) is 6.36. The maximum Gasteiger partial charge on any atom is 0.274 e. The van der Waals surface area contributed by atoms with Crippen molar-refractivity contribution >= 4 is 17.5 Å². The lowest BCUT2D eigenvalue weighted by molar-refractivity contribution is -0.133. The van der Waals surface area contributed by atoms with Gasteiger partial charge in [0.15, 0.2) is 0 Å². The average molecular weight is 551 g/mol. The molecule has 3 aromatic rings. The van der Waals surface area contributed by atoms with Crippen LogP contribution in [0.15, 0.2) is 54.6 Å². The number of piperidine rings is 2. The summed E-state index contributed by atoms with van der Waals surface area (Å²) in [5.74, 6) is -2.40. The summed E-state index contributed by atoms with van der Waals surface area (Å²) in [6.45, 7) is 3.61. The van der Waals surface area contributed by atoms with Crippen molar-refractivity contribution in [1.29, 1.82) is 0 Å². The zero-order valence-corrected chi connectivity index (χ0v) is 22.5. The number of pyridine rings is 1. The summed E-state index contributed by atoms with van der Waals surface area (Å²) < 4.78 is 42.7. The molecule has 2 fully saturated rings. The first-order valence-corrected chi connectivity index (χ1v) is 13.8. The number of nitrogens with one attached hydrogen (secondary N) is 1. The van der Waals surface area contributed by atoms with E-state index in [1.54, 1.807) is 12.1 Å². The molecule has 0 radical (unpaired) electrons. The molecule has 0 unspecified atom stereocenters. The smallest absolute Gasteiger partial charge is 0.274 e. The molecule has 40 heavy (non-hydrogen) atoms. The fourth-order valence-corrected chi connectivity index (χ4v) is 5.61. The highest BCUT2D eigenvalue weighted by Crippen LogP contribution is 2.31. The van der Waals surface area contributed by atoms with Gasteiger partial charge in [-0.15, -0.1) is 0 Å². The Kier molecular flexibility index (Phi) is 8.49. The van der Waals surface area contributed by atoms with Crippen molar-refractivity contribution < 1.29 is 22.8 Å². The van der Waals surface area contributed by atoms with Crippen molar-refractivity contribution in [1.82, 2.24) is 14.8 Å². The van der Waals surface area contributed by atoms with Gasteiger partial charge in [0.05, 0.1) is 5.56 Å². The molecule has 5 rings (SSSR count). The van der Waals surface area contributed by atoms with Crippen LogP contribution in [0.3, 0.4) is 0 Å². The summed E-state index contributed by atoms with van der Waals surface area (Å²) in [5.41, 5.74) is 0.311. The van der Waals surface area contributed by atoms with Crippen molar-refractivity contribution in [3.8, 4) is 11.3 Å². The molecule has 2 saturated heterocycles. The molecule has 1 aromatic heterocycles. The summed E-state index contributed by atoms with van der Waals surface area (Å²) in [6, 6.07) is 12.8. The van der Waals surface area contributed by atoms with Gasteiger partial charge in [0.1, 0.15) is 28.8 Å². The van der Waals surface area contributed by atoms with Crippen LogP contribution in [0.4, 0.5) is 18.9 Å². The van der Waals surface area contributed by atoms with Crippen molar-refractivity contribution in [2.75, 3.05) is 38.5 Å². The van der Waals surface area contributed by atoms with Crippen LogP contribution in [0.2, 0.25) is 0 Å². The molecule has 0 saturated carbocycles. The minimum Gasteiger partial charge on any atom is -0.343 e. The highest BCUT2D eigenvalue weighted by molar-refractivity contribution is 6.03. The van der Waals surface area contributed by atoms with E-state index < -0.39 is 34.6 Å². The fraction of sp³-hybridized carbons (Fsp3) is 0.387. The number of hydrogen-bond acceptors (Lipinski definition) is 4. The number of aromatic nitrogens is 1. The Labute approximate surface area is 232 Å². The number of anilines is 1. The Bertz CT molecular complexity index is 1350. The van der Waals surface area contributed by atoms with Crippen LogP contribution in [0.5, 0.6) is 0 Å². The minimum atomic E-state index is -0.966. The molecule has 2 amide bonds. The van der Waals surface area contributed by atoms with Crippen LogP contribution in [-0.4, -0.2) is 59.8 Å². The van der Waals surface area contributed by atoms with E-state index in [0.717, 1.165) is 75.6 Å². The largest absolute Gasteiger partial charge is 0.343 e. The maximum absolute atomic E-state index is 14.4. The van der Waals surface area contributed by atoms with Crippen LogP contribution in [-0.2, 0) is 4.79 Å². The van der Waals surface area contributed by atoms with Gasteiger partial charge in [-0.25, -0.2) is 18.2 Å². The Hall–Kier alpha value is -3.72. The number of likely N-dealkylation sites (tertiary alicyclic amines) is 2. The highest BCUT2D eigenvalue weighted by Gasteiger charge is 2.27. The first-order valence-electron chi connectivity index (χ1n) is 13.8. The van der Waals surface area contributed by atoms with Gasteiger partial charge in [0.2, 0.25) is 5.91 Å². The summed E-state index contributed by atoms with van der Waals surface area (Å²) >= 11 is 0. The molecule has 3 heterocycles. The SMILES string of the molecule is CN1CCC(CC(=O)N2CCC(c3ccc(NC(=O)c4ccc(F)c(-c5c(F)cccc5F)n4)cc3)CC2)CC1. The number of rotatable bonds is 6. The number of hydrogen-bond donors (Lipinski definition) is 1. The third-order valence-electron chi connectivity index (χ3n) is 8.07. The highest BCUT2D eigenvalue weighted by atomic mass is 19.1. The molecule has 0 spiro atoms. The van der Waals surface area contributed by atoms with Gasteiger partial charge < -0.3 is 15.1 Å². The van der Waals surface area contributed by atoms with E-state index in [9.17, 15) is 22.8 Å². The molecule has 2 aromatic carbocycles. The Balaban J connectivity index is 1.17. The van der Waals surface area contributed by atoms with E-state index >= 15 is 0 Å². The average Bonchev–Trinajstić information content (AvgIpc) is 2.95. The second-order valence-corrected chi connectivity index (χ2v) is 10.8. The van der Waals surface area contributed by atoms with Crippen LogP contribution in [0, 0.1) is 23.4 Å². The normalized spacial score (nSPS) is 17.1. The van der Waals surface area contributed by atoms with Gasteiger partial charge in [0, 0.05) is 25.2 Å². The summed E-state index contributed by atoms with van der Waals surface area (Å²) in [5, 5.41) is 2.71. The predicted octanol–water partition coefficient (Wildman–Crippen LogP) is 5.86. The molecular formula is C31H33F3N4O2. The van der Waals surface area contributed by atoms with Crippen molar-refractivity contribution in [3.05, 3.63) is 83.3 Å². The first kappa shape index (κ1) is 27.8. The quantitative estimate of drug-likeness (QED) is 0.418. The number of nitrogens with zero attached hydrogens (tertiary/aromatic N) is 3.